The zero-order valence-corrected chi connectivity index (χ0v) is 8.57. The van der Waals surface area contributed by atoms with E-state index in [2.05, 4.69) is 21.1 Å². The average Bonchev–Trinajstić information content (AvgIpc) is 2.67. The van der Waals surface area contributed by atoms with Crippen LogP contribution in [0.3, 0.4) is 0 Å². The highest BCUT2D eigenvalue weighted by Crippen LogP contribution is 2.21. The number of nitrogens with zero attached hydrogens (tertiary/aromatic N) is 2. The van der Waals surface area contributed by atoms with Gasteiger partial charge in [0.1, 0.15) is 0 Å². The van der Waals surface area contributed by atoms with Crippen molar-refractivity contribution in [1.29, 1.82) is 0 Å². The lowest BCUT2D eigenvalue weighted by Gasteiger charge is -2.11. The molecule has 0 aromatic rings. The molecular formula is C9H12N4O2. The number of carbonyl (C=O) groups is 2. The number of hydrazone groups is 2. The summed E-state index contributed by atoms with van der Waals surface area (Å²) in [5.41, 5.74) is 6.26. The van der Waals surface area contributed by atoms with E-state index in [1.54, 1.807) is 13.8 Å². The second kappa shape index (κ2) is 3.45. The van der Waals surface area contributed by atoms with Crippen LogP contribution in [0.5, 0.6) is 0 Å². The van der Waals surface area contributed by atoms with Crippen molar-refractivity contribution in [2.24, 2.45) is 22.0 Å². The van der Waals surface area contributed by atoms with Gasteiger partial charge in [-0.25, -0.2) is 10.9 Å². The summed E-state index contributed by atoms with van der Waals surface area (Å²) in [6.07, 6.45) is 0.447. The maximum atomic E-state index is 11.4. The van der Waals surface area contributed by atoms with Crippen molar-refractivity contribution in [2.75, 3.05) is 0 Å². The van der Waals surface area contributed by atoms with E-state index in [4.69, 9.17) is 0 Å². The van der Waals surface area contributed by atoms with Crippen LogP contribution in [0, 0.1) is 11.8 Å². The van der Waals surface area contributed by atoms with Gasteiger partial charge in [-0.05, 0) is 20.3 Å². The third-order valence-electron chi connectivity index (χ3n) is 2.80. The van der Waals surface area contributed by atoms with Crippen LogP contribution in [0.4, 0.5) is 0 Å². The van der Waals surface area contributed by atoms with Crippen LogP contribution in [-0.2, 0) is 9.59 Å². The molecule has 2 aliphatic rings. The Morgan fingerprint density at radius 3 is 1.67 bits per heavy atom. The second-order valence-corrected chi connectivity index (χ2v) is 3.80. The topological polar surface area (TPSA) is 82.9 Å². The second-order valence-electron chi connectivity index (χ2n) is 3.80. The van der Waals surface area contributed by atoms with Gasteiger partial charge in [-0.3, -0.25) is 9.59 Å². The molecule has 0 fully saturated rings. The summed E-state index contributed by atoms with van der Waals surface area (Å²) in [4.78, 5) is 22.8. The Hall–Kier alpha value is -1.72. The molecule has 2 atom stereocenters. The van der Waals surface area contributed by atoms with Gasteiger partial charge in [-0.15, -0.1) is 0 Å². The monoisotopic (exact) mass is 208 g/mol. The lowest BCUT2D eigenvalue weighted by Crippen LogP contribution is -2.30. The fourth-order valence-electron chi connectivity index (χ4n) is 1.77. The summed E-state index contributed by atoms with van der Waals surface area (Å²) in [7, 11) is 0. The van der Waals surface area contributed by atoms with Crippen LogP contribution in [0.2, 0.25) is 0 Å². The van der Waals surface area contributed by atoms with E-state index in [0.717, 1.165) is 11.4 Å². The highest BCUT2D eigenvalue weighted by molar-refractivity contribution is 6.10. The molecule has 2 N–H and O–H groups in total. The van der Waals surface area contributed by atoms with E-state index in [0.29, 0.717) is 6.42 Å². The molecule has 2 rings (SSSR count). The van der Waals surface area contributed by atoms with E-state index in [1.165, 1.54) is 0 Å². The van der Waals surface area contributed by atoms with Crippen molar-refractivity contribution >= 4 is 23.2 Å². The number of carbonyl (C=O) groups excluding carboxylic acids is 2. The Balaban J connectivity index is 2.09. The number of amides is 2. The summed E-state index contributed by atoms with van der Waals surface area (Å²) in [5, 5.41) is 7.67. The predicted octanol–water partition coefficient (Wildman–Crippen LogP) is -0.380. The Morgan fingerprint density at radius 2 is 1.40 bits per heavy atom. The van der Waals surface area contributed by atoms with Gasteiger partial charge in [0, 0.05) is 11.4 Å². The van der Waals surface area contributed by atoms with E-state index >= 15 is 0 Å². The van der Waals surface area contributed by atoms with E-state index < -0.39 is 0 Å². The molecule has 6 nitrogen and oxygen atoms in total. The van der Waals surface area contributed by atoms with Crippen LogP contribution in [-0.4, -0.2) is 23.2 Å². The van der Waals surface area contributed by atoms with Gasteiger partial charge in [0.15, 0.2) is 0 Å². The molecule has 0 saturated heterocycles. The third-order valence-corrected chi connectivity index (χ3v) is 2.80. The predicted molar refractivity (Wildman–Crippen MR) is 54.1 cm³/mol. The SMILES string of the molecule is CC1=NNC(=O)C1CC1C(=O)NN=C1C. The first-order chi connectivity index (χ1) is 7.09. The summed E-state index contributed by atoms with van der Waals surface area (Å²) in [6.45, 7) is 3.56. The Kier molecular flexibility index (Phi) is 2.26. The lowest BCUT2D eigenvalue weighted by atomic mass is 9.89. The minimum atomic E-state index is -0.302. The first kappa shape index (κ1) is 9.82. The first-order valence-electron chi connectivity index (χ1n) is 4.77. The molecule has 0 bridgehead atoms. The van der Waals surface area contributed by atoms with Gasteiger partial charge in [0.25, 0.3) is 0 Å². The molecule has 80 valence electrons. The van der Waals surface area contributed by atoms with Gasteiger partial charge in [-0.2, -0.15) is 10.2 Å². The number of nitrogens with one attached hydrogen (secondary N) is 2. The van der Waals surface area contributed by atoms with Crippen molar-refractivity contribution in [3.8, 4) is 0 Å². The van der Waals surface area contributed by atoms with Crippen molar-refractivity contribution in [1.82, 2.24) is 10.9 Å². The zero-order valence-electron chi connectivity index (χ0n) is 8.57. The van der Waals surface area contributed by atoms with Crippen LogP contribution >= 0.6 is 0 Å². The molecule has 2 aliphatic heterocycles. The highest BCUT2D eigenvalue weighted by Gasteiger charge is 2.35. The molecule has 15 heavy (non-hydrogen) atoms. The molecule has 0 radical (unpaired) electrons. The van der Waals surface area contributed by atoms with E-state index in [1.807, 2.05) is 0 Å². The summed E-state index contributed by atoms with van der Waals surface area (Å²) in [6, 6.07) is 0. The van der Waals surface area contributed by atoms with Gasteiger partial charge in [0.05, 0.1) is 11.8 Å². The fourth-order valence-corrected chi connectivity index (χ4v) is 1.77. The van der Waals surface area contributed by atoms with Crippen molar-refractivity contribution in [3.05, 3.63) is 0 Å². The zero-order chi connectivity index (χ0) is 11.0. The van der Waals surface area contributed by atoms with Gasteiger partial charge in [-0.1, -0.05) is 0 Å². The molecule has 2 amide bonds. The van der Waals surface area contributed by atoms with Crippen LogP contribution < -0.4 is 10.9 Å². The van der Waals surface area contributed by atoms with Gasteiger partial charge >= 0.3 is 0 Å². The minimum absolute atomic E-state index is 0.139. The fraction of sp³-hybridized carbons (Fsp3) is 0.556. The largest absolute Gasteiger partial charge is 0.272 e. The molecule has 0 spiro atoms. The van der Waals surface area contributed by atoms with Gasteiger partial charge < -0.3 is 0 Å². The van der Waals surface area contributed by atoms with E-state index in [-0.39, 0.29) is 23.7 Å². The van der Waals surface area contributed by atoms with Crippen LogP contribution in [0.25, 0.3) is 0 Å². The van der Waals surface area contributed by atoms with Crippen LogP contribution in [0.1, 0.15) is 20.3 Å². The summed E-state index contributed by atoms with van der Waals surface area (Å²) in [5.74, 6) is -0.881. The lowest BCUT2D eigenvalue weighted by molar-refractivity contribution is -0.124. The maximum Gasteiger partial charge on any atom is 0.248 e. The number of hydrogen-bond donors (Lipinski definition) is 2. The molecule has 0 saturated carbocycles. The molecule has 2 heterocycles. The molecular weight excluding hydrogens is 196 g/mol. The molecule has 0 aromatic heterocycles. The number of rotatable bonds is 2. The Morgan fingerprint density at radius 1 is 1.00 bits per heavy atom. The highest BCUT2D eigenvalue weighted by atomic mass is 16.2. The molecule has 0 aliphatic carbocycles. The molecule has 2 unspecified atom stereocenters. The molecule has 0 aromatic carbocycles. The maximum absolute atomic E-state index is 11.4. The van der Waals surface area contributed by atoms with Crippen LogP contribution in [0.15, 0.2) is 10.2 Å². The standard InChI is InChI=1S/C9H12N4O2/c1-4-6(8(14)12-10-4)3-7-5(2)11-13-9(7)15/h6-7H,3H2,1-2H3,(H,12,14)(H,13,15). The summed E-state index contributed by atoms with van der Waals surface area (Å²) >= 11 is 0. The van der Waals surface area contributed by atoms with Crippen molar-refractivity contribution < 1.29 is 9.59 Å². The van der Waals surface area contributed by atoms with Gasteiger partial charge in [0.2, 0.25) is 11.8 Å². The van der Waals surface area contributed by atoms with E-state index in [9.17, 15) is 9.59 Å². The smallest absolute Gasteiger partial charge is 0.248 e. The number of hydrogen-bond acceptors (Lipinski definition) is 4. The van der Waals surface area contributed by atoms with Crippen molar-refractivity contribution in [2.45, 2.75) is 20.3 Å². The molecule has 6 heteroatoms. The average molecular weight is 208 g/mol. The first-order valence-corrected chi connectivity index (χ1v) is 4.77. The summed E-state index contributed by atoms with van der Waals surface area (Å²) < 4.78 is 0. The third kappa shape index (κ3) is 1.62. The quantitative estimate of drug-likeness (QED) is 0.648. The Bertz CT molecular complexity index is 350. The van der Waals surface area contributed by atoms with Crippen molar-refractivity contribution in [3.63, 3.8) is 0 Å². The normalized spacial score (nSPS) is 29.7. The Labute approximate surface area is 86.8 Å². The minimum Gasteiger partial charge on any atom is -0.272 e.